The van der Waals surface area contributed by atoms with Crippen molar-refractivity contribution in [1.29, 1.82) is 0 Å². The van der Waals surface area contributed by atoms with E-state index in [0.29, 0.717) is 12.5 Å². The van der Waals surface area contributed by atoms with Crippen molar-refractivity contribution in [2.75, 3.05) is 20.1 Å². The topological polar surface area (TPSA) is 52.6 Å². The summed E-state index contributed by atoms with van der Waals surface area (Å²) in [5, 5.41) is 12.8. The molecule has 110 valence electrons. The summed E-state index contributed by atoms with van der Waals surface area (Å²) in [6, 6.07) is 10.0. The van der Waals surface area contributed by atoms with Crippen LogP contribution in [-0.2, 0) is 10.3 Å². The van der Waals surface area contributed by atoms with Gasteiger partial charge in [-0.3, -0.25) is 0 Å². The SMILES string of the molecule is CNC(CCN1CCCC1C)(C(=O)O)c1ccccc1. The minimum Gasteiger partial charge on any atom is -0.480 e. The number of likely N-dealkylation sites (N-methyl/N-ethyl adjacent to an activating group) is 1. The van der Waals surface area contributed by atoms with Crippen LogP contribution in [0.4, 0.5) is 0 Å². The van der Waals surface area contributed by atoms with Crippen molar-refractivity contribution in [3.05, 3.63) is 35.9 Å². The van der Waals surface area contributed by atoms with Crippen LogP contribution in [0.1, 0.15) is 31.7 Å². The van der Waals surface area contributed by atoms with Gasteiger partial charge in [0.15, 0.2) is 0 Å². The first-order valence-electron chi connectivity index (χ1n) is 7.32. The Bertz CT molecular complexity index is 449. The molecule has 0 saturated carbocycles. The highest BCUT2D eigenvalue weighted by atomic mass is 16.4. The van der Waals surface area contributed by atoms with Gasteiger partial charge in [0.05, 0.1) is 0 Å². The van der Waals surface area contributed by atoms with Crippen molar-refractivity contribution >= 4 is 5.97 Å². The Morgan fingerprint density at radius 1 is 1.45 bits per heavy atom. The van der Waals surface area contributed by atoms with Crippen molar-refractivity contribution in [1.82, 2.24) is 10.2 Å². The molecule has 2 unspecified atom stereocenters. The fourth-order valence-electron chi connectivity index (χ4n) is 3.11. The molecule has 0 aliphatic carbocycles. The minimum absolute atomic E-state index is 0.564. The summed E-state index contributed by atoms with van der Waals surface area (Å²) >= 11 is 0. The lowest BCUT2D eigenvalue weighted by Crippen LogP contribution is -2.49. The zero-order valence-corrected chi connectivity index (χ0v) is 12.3. The molecule has 1 aliphatic heterocycles. The molecule has 0 bridgehead atoms. The Hall–Kier alpha value is -1.39. The summed E-state index contributed by atoms with van der Waals surface area (Å²) in [4.78, 5) is 14.2. The lowest BCUT2D eigenvalue weighted by molar-refractivity contribution is -0.145. The molecule has 0 radical (unpaired) electrons. The number of rotatable bonds is 6. The molecular formula is C16H24N2O2. The summed E-state index contributed by atoms with van der Waals surface area (Å²) in [6.45, 7) is 4.11. The van der Waals surface area contributed by atoms with Crippen LogP contribution >= 0.6 is 0 Å². The predicted octanol–water partition coefficient (Wildman–Crippen LogP) is 2.06. The third-order valence-corrected chi connectivity index (χ3v) is 4.52. The van der Waals surface area contributed by atoms with Crippen molar-refractivity contribution < 1.29 is 9.90 Å². The standard InChI is InChI=1S/C16H24N2O2/c1-13-7-6-11-18(13)12-10-16(17-2,15(19)20)14-8-4-3-5-9-14/h3-5,8-9,13,17H,6-7,10-12H2,1-2H3,(H,19,20). The zero-order valence-electron chi connectivity index (χ0n) is 12.3. The van der Waals surface area contributed by atoms with Crippen LogP contribution in [-0.4, -0.2) is 42.2 Å². The molecule has 4 heteroatoms. The summed E-state index contributed by atoms with van der Waals surface area (Å²) < 4.78 is 0. The first kappa shape index (κ1) is 15.0. The molecule has 1 aromatic rings. The maximum Gasteiger partial charge on any atom is 0.328 e. The van der Waals surface area contributed by atoms with E-state index < -0.39 is 11.5 Å². The molecule has 1 heterocycles. The van der Waals surface area contributed by atoms with E-state index in [1.807, 2.05) is 30.3 Å². The second kappa shape index (κ2) is 6.37. The van der Waals surface area contributed by atoms with E-state index in [1.54, 1.807) is 7.05 Å². The molecular weight excluding hydrogens is 252 g/mol. The Labute approximate surface area is 120 Å². The number of likely N-dealkylation sites (tertiary alicyclic amines) is 1. The first-order valence-corrected chi connectivity index (χ1v) is 7.32. The maximum atomic E-state index is 11.9. The van der Waals surface area contributed by atoms with Crippen LogP contribution in [0.2, 0.25) is 0 Å². The van der Waals surface area contributed by atoms with Crippen LogP contribution in [0.5, 0.6) is 0 Å². The Kier molecular flexibility index (Phi) is 4.78. The first-order chi connectivity index (χ1) is 9.60. The molecule has 2 rings (SSSR count). The molecule has 0 amide bonds. The number of nitrogens with one attached hydrogen (secondary N) is 1. The number of carbonyl (C=O) groups is 1. The van der Waals surface area contributed by atoms with Gasteiger partial charge in [0.1, 0.15) is 5.54 Å². The number of benzene rings is 1. The van der Waals surface area contributed by atoms with Gasteiger partial charge in [-0.25, -0.2) is 4.79 Å². The number of nitrogens with zero attached hydrogens (tertiary/aromatic N) is 1. The second-order valence-corrected chi connectivity index (χ2v) is 5.60. The van der Waals surface area contributed by atoms with Crippen molar-refractivity contribution in [3.63, 3.8) is 0 Å². The van der Waals surface area contributed by atoms with Crippen molar-refractivity contribution in [3.8, 4) is 0 Å². The smallest absolute Gasteiger partial charge is 0.328 e. The zero-order chi connectivity index (χ0) is 14.6. The van der Waals surface area contributed by atoms with Gasteiger partial charge >= 0.3 is 5.97 Å². The summed E-state index contributed by atoms with van der Waals surface area (Å²) in [5.74, 6) is -0.807. The average molecular weight is 276 g/mol. The Morgan fingerprint density at radius 2 is 2.15 bits per heavy atom. The summed E-state index contributed by atoms with van der Waals surface area (Å²) in [6.07, 6.45) is 3.00. The minimum atomic E-state index is -0.996. The predicted molar refractivity (Wildman–Crippen MR) is 79.7 cm³/mol. The maximum absolute atomic E-state index is 11.9. The van der Waals surface area contributed by atoms with E-state index in [2.05, 4.69) is 17.1 Å². The van der Waals surface area contributed by atoms with E-state index in [0.717, 1.165) is 18.7 Å². The molecule has 2 N–H and O–H groups in total. The highest BCUT2D eigenvalue weighted by molar-refractivity contribution is 5.80. The van der Waals surface area contributed by atoms with E-state index in [4.69, 9.17) is 0 Å². The molecule has 1 aliphatic rings. The van der Waals surface area contributed by atoms with Crippen LogP contribution in [0, 0.1) is 0 Å². The monoisotopic (exact) mass is 276 g/mol. The quantitative estimate of drug-likeness (QED) is 0.835. The van der Waals surface area contributed by atoms with Crippen molar-refractivity contribution in [2.24, 2.45) is 0 Å². The van der Waals surface area contributed by atoms with Crippen molar-refractivity contribution in [2.45, 2.75) is 37.8 Å². The van der Waals surface area contributed by atoms with Crippen LogP contribution in [0.3, 0.4) is 0 Å². The fourth-order valence-corrected chi connectivity index (χ4v) is 3.11. The normalized spacial score (nSPS) is 22.6. The lowest BCUT2D eigenvalue weighted by Gasteiger charge is -2.32. The van der Waals surface area contributed by atoms with E-state index in [-0.39, 0.29) is 0 Å². The highest BCUT2D eigenvalue weighted by Gasteiger charge is 2.39. The van der Waals surface area contributed by atoms with E-state index in [9.17, 15) is 9.90 Å². The number of carboxylic acid groups (broad SMARTS) is 1. The van der Waals surface area contributed by atoms with Crippen LogP contribution < -0.4 is 5.32 Å². The second-order valence-electron chi connectivity index (χ2n) is 5.60. The molecule has 1 aromatic carbocycles. The third kappa shape index (κ3) is 2.86. The van der Waals surface area contributed by atoms with Gasteiger partial charge in [-0.15, -0.1) is 0 Å². The lowest BCUT2D eigenvalue weighted by atomic mass is 9.86. The van der Waals surface area contributed by atoms with Crippen LogP contribution in [0.15, 0.2) is 30.3 Å². The van der Waals surface area contributed by atoms with Gasteiger partial charge in [-0.05, 0) is 45.3 Å². The molecule has 1 saturated heterocycles. The molecule has 0 aromatic heterocycles. The fraction of sp³-hybridized carbons (Fsp3) is 0.562. The number of hydrogen-bond acceptors (Lipinski definition) is 3. The van der Waals surface area contributed by atoms with Gasteiger partial charge in [-0.1, -0.05) is 30.3 Å². The largest absolute Gasteiger partial charge is 0.480 e. The van der Waals surface area contributed by atoms with Crippen LogP contribution in [0.25, 0.3) is 0 Å². The molecule has 4 nitrogen and oxygen atoms in total. The molecule has 20 heavy (non-hydrogen) atoms. The summed E-state index contributed by atoms with van der Waals surface area (Å²) in [5.41, 5.74) is -0.175. The molecule has 1 fully saturated rings. The highest BCUT2D eigenvalue weighted by Crippen LogP contribution is 2.27. The van der Waals surface area contributed by atoms with Gasteiger partial charge in [-0.2, -0.15) is 0 Å². The molecule has 0 spiro atoms. The van der Waals surface area contributed by atoms with Gasteiger partial charge < -0.3 is 15.3 Å². The van der Waals surface area contributed by atoms with E-state index >= 15 is 0 Å². The van der Waals surface area contributed by atoms with Gasteiger partial charge in [0, 0.05) is 12.6 Å². The number of aliphatic carboxylic acids is 1. The summed E-state index contributed by atoms with van der Waals surface area (Å²) in [7, 11) is 1.73. The average Bonchev–Trinajstić information content (AvgIpc) is 2.86. The Balaban J connectivity index is 2.17. The van der Waals surface area contributed by atoms with Gasteiger partial charge in [0.25, 0.3) is 0 Å². The third-order valence-electron chi connectivity index (χ3n) is 4.52. The Morgan fingerprint density at radius 3 is 2.65 bits per heavy atom. The number of hydrogen-bond donors (Lipinski definition) is 2. The van der Waals surface area contributed by atoms with Gasteiger partial charge in [0.2, 0.25) is 0 Å². The number of carboxylic acids is 1. The van der Waals surface area contributed by atoms with E-state index in [1.165, 1.54) is 12.8 Å². The molecule has 2 atom stereocenters.